The molecule has 0 unspecified atom stereocenters. The van der Waals surface area contributed by atoms with Crippen molar-refractivity contribution in [1.29, 1.82) is 0 Å². The van der Waals surface area contributed by atoms with Gasteiger partial charge in [-0.3, -0.25) is 9.59 Å². The number of amides is 2. The molecule has 1 N–H and O–H groups in total. The number of nitrogens with one attached hydrogen (secondary N) is 1. The number of benzene rings is 2. The summed E-state index contributed by atoms with van der Waals surface area (Å²) in [6, 6.07) is 15.4. The van der Waals surface area contributed by atoms with Gasteiger partial charge in [-0.05, 0) is 53.8 Å². The SMILES string of the molecule is CC[C@@H]1Oc2ccc(NC(=O)Cc3cccs3)cc2CN(Cc2ccc(F)cc2)C1=O. The number of anilines is 1. The van der Waals surface area contributed by atoms with Gasteiger partial charge in [-0.25, -0.2) is 4.39 Å². The predicted molar refractivity (Wildman–Crippen MR) is 118 cm³/mol. The molecule has 0 bridgehead atoms. The van der Waals surface area contributed by atoms with Gasteiger partial charge in [0.05, 0.1) is 6.42 Å². The first-order valence-electron chi connectivity index (χ1n) is 10.2. The number of nitrogens with zero attached hydrogens (tertiary/aromatic N) is 1. The molecule has 7 heteroatoms. The molecule has 1 aliphatic heterocycles. The van der Waals surface area contributed by atoms with Crippen LogP contribution in [0.5, 0.6) is 5.75 Å². The minimum atomic E-state index is -0.582. The lowest BCUT2D eigenvalue weighted by Crippen LogP contribution is -2.38. The smallest absolute Gasteiger partial charge is 0.264 e. The second-order valence-corrected chi connectivity index (χ2v) is 8.49. The van der Waals surface area contributed by atoms with Gasteiger partial charge in [-0.2, -0.15) is 0 Å². The molecule has 160 valence electrons. The van der Waals surface area contributed by atoms with Crippen molar-refractivity contribution in [2.75, 3.05) is 5.32 Å². The molecule has 4 rings (SSSR count). The van der Waals surface area contributed by atoms with Crippen LogP contribution in [0, 0.1) is 5.82 Å². The number of ether oxygens (including phenoxy) is 1. The first-order valence-corrected chi connectivity index (χ1v) is 11.0. The van der Waals surface area contributed by atoms with E-state index in [0.29, 0.717) is 37.4 Å². The van der Waals surface area contributed by atoms with Gasteiger partial charge < -0.3 is 15.0 Å². The van der Waals surface area contributed by atoms with Crippen molar-refractivity contribution >= 4 is 28.8 Å². The summed E-state index contributed by atoms with van der Waals surface area (Å²) in [6.45, 7) is 2.60. The lowest BCUT2D eigenvalue weighted by atomic mass is 10.1. The average Bonchev–Trinajstić information content (AvgIpc) is 3.22. The molecule has 0 spiro atoms. The van der Waals surface area contributed by atoms with E-state index >= 15 is 0 Å². The zero-order valence-electron chi connectivity index (χ0n) is 17.1. The fourth-order valence-electron chi connectivity index (χ4n) is 3.57. The Hall–Kier alpha value is -3.19. The number of rotatable bonds is 6. The largest absolute Gasteiger partial charge is 0.480 e. The van der Waals surface area contributed by atoms with Crippen molar-refractivity contribution in [3.63, 3.8) is 0 Å². The molecule has 3 aromatic rings. The Labute approximate surface area is 184 Å². The Kier molecular flexibility index (Phi) is 6.32. The van der Waals surface area contributed by atoms with Crippen LogP contribution in [-0.4, -0.2) is 22.8 Å². The van der Waals surface area contributed by atoms with E-state index in [1.54, 1.807) is 40.5 Å². The standard InChI is InChI=1S/C24H23FN2O3S/c1-2-21-24(29)27(14-16-5-7-18(25)8-6-16)15-17-12-19(9-10-22(17)30-21)26-23(28)13-20-4-3-11-31-20/h3-12,21H,2,13-15H2,1H3,(H,26,28)/t21-/m0/s1. The van der Waals surface area contributed by atoms with Crippen LogP contribution in [0.3, 0.4) is 0 Å². The first-order chi connectivity index (χ1) is 15.0. The highest BCUT2D eigenvalue weighted by Gasteiger charge is 2.30. The highest BCUT2D eigenvalue weighted by Crippen LogP contribution is 2.30. The highest BCUT2D eigenvalue weighted by molar-refractivity contribution is 7.10. The van der Waals surface area contributed by atoms with E-state index < -0.39 is 6.10 Å². The number of carbonyl (C=O) groups excluding carboxylic acids is 2. The Morgan fingerprint density at radius 2 is 2.03 bits per heavy atom. The van der Waals surface area contributed by atoms with Gasteiger partial charge in [0.15, 0.2) is 6.10 Å². The number of hydrogen-bond acceptors (Lipinski definition) is 4. The van der Waals surface area contributed by atoms with E-state index in [2.05, 4.69) is 5.32 Å². The Morgan fingerprint density at radius 1 is 1.23 bits per heavy atom. The van der Waals surface area contributed by atoms with Crippen LogP contribution in [0.1, 0.15) is 29.3 Å². The van der Waals surface area contributed by atoms with Crippen LogP contribution >= 0.6 is 11.3 Å². The molecule has 0 saturated heterocycles. The molecule has 0 radical (unpaired) electrons. The van der Waals surface area contributed by atoms with Crippen LogP contribution in [0.4, 0.5) is 10.1 Å². The summed E-state index contributed by atoms with van der Waals surface area (Å²) in [4.78, 5) is 28.1. The topological polar surface area (TPSA) is 58.6 Å². The molecular weight excluding hydrogens is 415 g/mol. The van der Waals surface area contributed by atoms with Gasteiger partial charge in [0.2, 0.25) is 5.91 Å². The van der Waals surface area contributed by atoms with Crippen molar-refractivity contribution in [1.82, 2.24) is 4.90 Å². The third kappa shape index (κ3) is 5.11. The number of halogens is 1. The predicted octanol–water partition coefficient (Wildman–Crippen LogP) is 4.77. The molecular formula is C24H23FN2O3S. The van der Waals surface area contributed by atoms with Gasteiger partial charge in [0, 0.05) is 29.2 Å². The number of carbonyl (C=O) groups is 2. The van der Waals surface area contributed by atoms with E-state index in [9.17, 15) is 14.0 Å². The third-order valence-electron chi connectivity index (χ3n) is 5.13. The Balaban J connectivity index is 1.54. The van der Waals surface area contributed by atoms with E-state index in [1.165, 1.54) is 12.1 Å². The molecule has 2 heterocycles. The van der Waals surface area contributed by atoms with Crippen LogP contribution in [-0.2, 0) is 29.1 Å². The Morgan fingerprint density at radius 3 is 2.74 bits per heavy atom. The van der Waals surface area contributed by atoms with E-state index in [0.717, 1.165) is 16.0 Å². The normalized spacial score (nSPS) is 15.7. The summed E-state index contributed by atoms with van der Waals surface area (Å²) >= 11 is 1.54. The maximum absolute atomic E-state index is 13.3. The summed E-state index contributed by atoms with van der Waals surface area (Å²) in [6.07, 6.45) is 0.275. The summed E-state index contributed by atoms with van der Waals surface area (Å²) < 4.78 is 19.2. The Bertz CT molecular complexity index is 1070. The molecule has 1 aliphatic rings. The highest BCUT2D eigenvalue weighted by atomic mass is 32.1. The van der Waals surface area contributed by atoms with Crippen LogP contribution in [0.25, 0.3) is 0 Å². The van der Waals surface area contributed by atoms with Crippen molar-refractivity contribution < 1.29 is 18.7 Å². The van der Waals surface area contributed by atoms with Crippen molar-refractivity contribution in [3.05, 3.63) is 81.8 Å². The molecule has 1 aromatic heterocycles. The van der Waals surface area contributed by atoms with E-state index in [-0.39, 0.29) is 17.6 Å². The number of hydrogen-bond donors (Lipinski definition) is 1. The molecule has 2 amide bonds. The summed E-state index contributed by atoms with van der Waals surface area (Å²) in [7, 11) is 0. The average molecular weight is 439 g/mol. The molecule has 2 aromatic carbocycles. The fraction of sp³-hybridized carbons (Fsp3) is 0.250. The summed E-state index contributed by atoms with van der Waals surface area (Å²) in [5, 5.41) is 4.87. The van der Waals surface area contributed by atoms with Crippen LogP contribution < -0.4 is 10.1 Å². The minimum absolute atomic E-state index is 0.0948. The summed E-state index contributed by atoms with van der Waals surface area (Å²) in [5.74, 6) is 0.126. The van der Waals surface area contributed by atoms with Gasteiger partial charge in [-0.15, -0.1) is 11.3 Å². The molecule has 31 heavy (non-hydrogen) atoms. The van der Waals surface area contributed by atoms with Crippen molar-refractivity contribution in [3.8, 4) is 5.75 Å². The molecule has 5 nitrogen and oxygen atoms in total. The lowest BCUT2D eigenvalue weighted by Gasteiger charge is -2.23. The zero-order valence-corrected chi connectivity index (χ0v) is 18.0. The minimum Gasteiger partial charge on any atom is -0.480 e. The van der Waals surface area contributed by atoms with Gasteiger partial charge in [0.1, 0.15) is 11.6 Å². The number of fused-ring (bicyclic) bond motifs is 1. The third-order valence-corrected chi connectivity index (χ3v) is 6.01. The summed E-state index contributed by atoms with van der Waals surface area (Å²) in [5.41, 5.74) is 2.32. The molecule has 0 fully saturated rings. The zero-order chi connectivity index (χ0) is 21.8. The maximum atomic E-state index is 13.3. The second-order valence-electron chi connectivity index (χ2n) is 7.46. The van der Waals surface area contributed by atoms with Crippen molar-refractivity contribution in [2.24, 2.45) is 0 Å². The monoisotopic (exact) mass is 438 g/mol. The van der Waals surface area contributed by atoms with E-state index in [4.69, 9.17) is 4.74 Å². The van der Waals surface area contributed by atoms with Crippen LogP contribution in [0.15, 0.2) is 60.0 Å². The lowest BCUT2D eigenvalue weighted by molar-refractivity contribution is -0.139. The van der Waals surface area contributed by atoms with Crippen molar-refractivity contribution in [2.45, 2.75) is 39.0 Å². The second kappa shape index (κ2) is 9.31. The van der Waals surface area contributed by atoms with Gasteiger partial charge in [0.25, 0.3) is 5.91 Å². The number of thiophene rings is 1. The van der Waals surface area contributed by atoms with Crippen LogP contribution in [0.2, 0.25) is 0 Å². The van der Waals surface area contributed by atoms with Gasteiger partial charge >= 0.3 is 0 Å². The molecule has 1 atom stereocenters. The molecule has 0 aliphatic carbocycles. The quantitative estimate of drug-likeness (QED) is 0.603. The van der Waals surface area contributed by atoms with E-state index in [1.807, 2.05) is 30.5 Å². The fourth-order valence-corrected chi connectivity index (χ4v) is 4.27. The maximum Gasteiger partial charge on any atom is 0.264 e. The molecule has 0 saturated carbocycles. The first kappa shape index (κ1) is 21.1. The van der Waals surface area contributed by atoms with Gasteiger partial charge in [-0.1, -0.05) is 25.1 Å².